The van der Waals surface area contributed by atoms with Gasteiger partial charge in [-0.15, -0.1) is 0 Å². The number of carbonyl (C=O) groups excluding carboxylic acids is 1. The van der Waals surface area contributed by atoms with Crippen LogP contribution in [0.5, 0.6) is 0 Å². The molecule has 0 unspecified atom stereocenters. The zero-order valence-corrected chi connectivity index (χ0v) is 15.5. The van der Waals surface area contributed by atoms with Gasteiger partial charge in [-0.25, -0.2) is 4.98 Å². The molecule has 1 aliphatic rings. The second-order valence-electron chi connectivity index (χ2n) is 5.97. The fourth-order valence-corrected chi connectivity index (χ4v) is 3.38. The van der Waals surface area contributed by atoms with Crippen molar-refractivity contribution in [3.8, 4) is 0 Å². The lowest BCUT2D eigenvalue weighted by atomic mass is 10.2. The summed E-state index contributed by atoms with van der Waals surface area (Å²) in [5, 5.41) is 3.72. The van der Waals surface area contributed by atoms with Crippen molar-refractivity contribution < 1.29 is 4.79 Å². The number of hydrogen-bond acceptors (Lipinski definition) is 4. The van der Waals surface area contributed by atoms with Crippen LogP contribution in [0.25, 0.3) is 0 Å². The third-order valence-corrected chi connectivity index (χ3v) is 5.06. The maximum absolute atomic E-state index is 12.6. The molecular formula is C18H20Cl2N4O. The summed E-state index contributed by atoms with van der Waals surface area (Å²) in [6.07, 6.45) is 1.80. The minimum Gasteiger partial charge on any atom is -0.354 e. The van der Waals surface area contributed by atoms with Crippen LogP contribution in [0.3, 0.4) is 0 Å². The van der Waals surface area contributed by atoms with E-state index in [2.05, 4.69) is 20.1 Å². The number of benzene rings is 1. The van der Waals surface area contributed by atoms with E-state index in [-0.39, 0.29) is 11.9 Å². The molecule has 25 heavy (non-hydrogen) atoms. The lowest BCUT2D eigenvalue weighted by Crippen LogP contribution is -2.53. The van der Waals surface area contributed by atoms with E-state index >= 15 is 0 Å². The Hall–Kier alpha value is -1.82. The van der Waals surface area contributed by atoms with Crippen molar-refractivity contribution in [2.24, 2.45) is 0 Å². The van der Waals surface area contributed by atoms with Crippen molar-refractivity contribution in [2.75, 3.05) is 36.4 Å². The first-order valence-electron chi connectivity index (χ1n) is 8.21. The highest BCUT2D eigenvalue weighted by Crippen LogP contribution is 2.30. The molecule has 1 aromatic heterocycles. The number of rotatable bonds is 4. The van der Waals surface area contributed by atoms with Gasteiger partial charge in [-0.1, -0.05) is 35.3 Å². The molecule has 0 spiro atoms. The summed E-state index contributed by atoms with van der Waals surface area (Å²) in [5.41, 5.74) is 0.467. The topological polar surface area (TPSA) is 48.5 Å². The second-order valence-corrected chi connectivity index (χ2v) is 6.79. The molecule has 1 N–H and O–H groups in total. The number of hydrogen-bond donors (Lipinski definition) is 1. The van der Waals surface area contributed by atoms with Gasteiger partial charge in [0.2, 0.25) is 5.91 Å². The third-order valence-electron chi connectivity index (χ3n) is 4.43. The standard InChI is InChI=1S/C18H20Cl2N4O/c1-13(18(25)22-17-14(19)5-4-6-15(17)20)23-9-11-24(12-10-23)16-7-2-3-8-21-16/h2-8,13H,9-12H2,1H3,(H,22,25)/t13-/m0/s1. The maximum atomic E-state index is 12.6. The molecule has 1 fully saturated rings. The highest BCUT2D eigenvalue weighted by Gasteiger charge is 2.26. The Labute approximate surface area is 157 Å². The van der Waals surface area contributed by atoms with E-state index in [1.807, 2.05) is 25.1 Å². The number of pyridine rings is 1. The maximum Gasteiger partial charge on any atom is 0.241 e. The monoisotopic (exact) mass is 378 g/mol. The van der Waals surface area contributed by atoms with Crippen LogP contribution in [0.1, 0.15) is 6.92 Å². The normalized spacial score (nSPS) is 16.5. The van der Waals surface area contributed by atoms with Gasteiger partial charge in [0, 0.05) is 32.4 Å². The van der Waals surface area contributed by atoms with Crippen molar-refractivity contribution in [3.05, 3.63) is 52.6 Å². The van der Waals surface area contributed by atoms with Crippen molar-refractivity contribution in [1.29, 1.82) is 0 Å². The minimum absolute atomic E-state index is 0.110. The predicted octanol–water partition coefficient (Wildman–Crippen LogP) is 3.54. The number of amides is 1. The molecule has 2 aromatic rings. The first-order chi connectivity index (χ1) is 12.1. The Morgan fingerprint density at radius 1 is 1.08 bits per heavy atom. The highest BCUT2D eigenvalue weighted by molar-refractivity contribution is 6.39. The smallest absolute Gasteiger partial charge is 0.241 e. The average molecular weight is 379 g/mol. The van der Waals surface area contributed by atoms with Crippen molar-refractivity contribution in [3.63, 3.8) is 0 Å². The summed E-state index contributed by atoms with van der Waals surface area (Å²) >= 11 is 12.2. The van der Waals surface area contributed by atoms with Crippen LogP contribution in [-0.2, 0) is 4.79 Å². The van der Waals surface area contributed by atoms with Gasteiger partial charge in [0.1, 0.15) is 5.82 Å². The number of halogens is 2. The van der Waals surface area contributed by atoms with Crippen molar-refractivity contribution >= 4 is 40.6 Å². The lowest BCUT2D eigenvalue weighted by molar-refractivity contribution is -0.120. The minimum atomic E-state index is -0.266. The largest absolute Gasteiger partial charge is 0.354 e. The fraction of sp³-hybridized carbons (Fsp3) is 0.333. The van der Waals surface area contributed by atoms with Gasteiger partial charge in [-0.05, 0) is 31.2 Å². The Morgan fingerprint density at radius 3 is 2.36 bits per heavy atom. The Morgan fingerprint density at radius 2 is 1.76 bits per heavy atom. The number of aromatic nitrogens is 1. The average Bonchev–Trinajstić information content (AvgIpc) is 2.65. The summed E-state index contributed by atoms with van der Waals surface area (Å²) in [7, 11) is 0. The molecule has 1 atom stereocenters. The van der Waals surface area contributed by atoms with Crippen LogP contribution in [0.4, 0.5) is 11.5 Å². The fourth-order valence-electron chi connectivity index (χ4n) is 2.89. The van der Waals surface area contributed by atoms with Crippen LogP contribution in [0.2, 0.25) is 10.0 Å². The van der Waals surface area contributed by atoms with Crippen LogP contribution in [0.15, 0.2) is 42.6 Å². The summed E-state index contributed by atoms with van der Waals surface area (Å²) in [6.45, 7) is 5.16. The Kier molecular flexibility index (Phi) is 5.78. The van der Waals surface area contributed by atoms with E-state index in [1.54, 1.807) is 24.4 Å². The summed E-state index contributed by atoms with van der Waals surface area (Å²) in [6, 6.07) is 10.8. The Bertz CT molecular complexity index is 713. The van der Waals surface area contributed by atoms with Gasteiger partial charge < -0.3 is 10.2 Å². The molecule has 1 amide bonds. The van der Waals surface area contributed by atoms with E-state index in [0.29, 0.717) is 15.7 Å². The Balaban J connectivity index is 1.59. The molecule has 1 saturated heterocycles. The zero-order valence-electron chi connectivity index (χ0n) is 14.0. The van der Waals surface area contributed by atoms with E-state index in [1.165, 1.54) is 0 Å². The van der Waals surface area contributed by atoms with Gasteiger partial charge in [0.25, 0.3) is 0 Å². The molecule has 0 aliphatic carbocycles. The van der Waals surface area contributed by atoms with Crippen LogP contribution < -0.4 is 10.2 Å². The summed E-state index contributed by atoms with van der Waals surface area (Å²) in [4.78, 5) is 21.3. The molecule has 3 rings (SSSR count). The molecule has 1 aromatic carbocycles. The first kappa shape index (κ1) is 18.0. The molecule has 0 bridgehead atoms. The van der Waals surface area contributed by atoms with Gasteiger partial charge in [0.05, 0.1) is 21.8 Å². The van der Waals surface area contributed by atoms with Crippen molar-refractivity contribution in [1.82, 2.24) is 9.88 Å². The van der Waals surface area contributed by atoms with E-state index in [4.69, 9.17) is 23.2 Å². The van der Waals surface area contributed by atoms with Crippen LogP contribution in [-0.4, -0.2) is 48.0 Å². The second kappa shape index (κ2) is 8.04. The number of carbonyl (C=O) groups is 1. The SMILES string of the molecule is C[C@@H](C(=O)Nc1c(Cl)cccc1Cl)N1CCN(c2ccccn2)CC1. The van der Waals surface area contributed by atoms with Crippen molar-refractivity contribution in [2.45, 2.75) is 13.0 Å². The van der Waals surface area contributed by atoms with Gasteiger partial charge >= 0.3 is 0 Å². The van der Waals surface area contributed by atoms with E-state index in [0.717, 1.165) is 32.0 Å². The number of para-hydroxylation sites is 1. The summed E-state index contributed by atoms with van der Waals surface area (Å²) < 4.78 is 0. The van der Waals surface area contributed by atoms with Gasteiger partial charge in [0.15, 0.2) is 0 Å². The molecule has 2 heterocycles. The molecule has 5 nitrogen and oxygen atoms in total. The zero-order chi connectivity index (χ0) is 17.8. The molecular weight excluding hydrogens is 359 g/mol. The third kappa shape index (κ3) is 4.24. The lowest BCUT2D eigenvalue weighted by Gasteiger charge is -2.38. The molecule has 0 radical (unpaired) electrons. The van der Waals surface area contributed by atoms with Gasteiger partial charge in [-0.2, -0.15) is 0 Å². The number of nitrogens with zero attached hydrogens (tertiary/aromatic N) is 3. The number of anilines is 2. The molecule has 132 valence electrons. The number of nitrogens with one attached hydrogen (secondary N) is 1. The predicted molar refractivity (Wildman–Crippen MR) is 103 cm³/mol. The molecule has 0 saturated carbocycles. The summed E-state index contributed by atoms with van der Waals surface area (Å²) in [5.74, 6) is 0.864. The first-order valence-corrected chi connectivity index (χ1v) is 8.97. The quantitative estimate of drug-likeness (QED) is 0.883. The molecule has 7 heteroatoms. The van der Waals surface area contributed by atoms with Gasteiger partial charge in [-0.3, -0.25) is 9.69 Å². The van der Waals surface area contributed by atoms with E-state index < -0.39 is 0 Å². The van der Waals surface area contributed by atoms with Crippen LogP contribution in [0, 0.1) is 0 Å². The highest BCUT2D eigenvalue weighted by atomic mass is 35.5. The van der Waals surface area contributed by atoms with E-state index in [9.17, 15) is 4.79 Å². The van der Waals surface area contributed by atoms with Crippen LogP contribution >= 0.6 is 23.2 Å². The number of piperazine rings is 1. The molecule has 1 aliphatic heterocycles.